The van der Waals surface area contributed by atoms with Gasteiger partial charge in [0.2, 0.25) is 0 Å². The predicted molar refractivity (Wildman–Crippen MR) is 84.6 cm³/mol. The molecule has 1 aromatic carbocycles. The van der Waals surface area contributed by atoms with Crippen LogP contribution in [0.2, 0.25) is 0 Å². The summed E-state index contributed by atoms with van der Waals surface area (Å²) in [6.45, 7) is 6.23. The molecule has 1 unspecified atom stereocenters. The minimum atomic E-state index is -0.325. The molecule has 1 atom stereocenters. The number of nitrogens with one attached hydrogen (secondary N) is 4. The van der Waals surface area contributed by atoms with Crippen molar-refractivity contribution in [3.05, 3.63) is 29.8 Å². The highest BCUT2D eigenvalue weighted by Gasteiger charge is 2.13. The van der Waals surface area contributed by atoms with Crippen molar-refractivity contribution >= 4 is 17.6 Å². The summed E-state index contributed by atoms with van der Waals surface area (Å²) in [5.41, 5.74) is 0.935. The molecule has 6 heteroatoms. The van der Waals surface area contributed by atoms with Crippen LogP contribution in [0.3, 0.4) is 0 Å². The highest BCUT2D eigenvalue weighted by atomic mass is 16.2. The lowest BCUT2D eigenvalue weighted by molar-refractivity contribution is 0.0951. The molecule has 6 nitrogen and oxygen atoms in total. The Balaban J connectivity index is 2.74. The minimum Gasteiger partial charge on any atom is -0.350 e. The quantitative estimate of drug-likeness (QED) is 0.642. The molecule has 21 heavy (non-hydrogen) atoms. The van der Waals surface area contributed by atoms with Crippen LogP contribution in [-0.2, 0) is 0 Å². The van der Waals surface area contributed by atoms with Crippen molar-refractivity contribution in [2.24, 2.45) is 0 Å². The summed E-state index contributed by atoms with van der Waals surface area (Å²) >= 11 is 0. The van der Waals surface area contributed by atoms with Gasteiger partial charge in [0.1, 0.15) is 0 Å². The van der Waals surface area contributed by atoms with Crippen LogP contribution in [0.5, 0.6) is 0 Å². The third kappa shape index (κ3) is 5.83. The van der Waals surface area contributed by atoms with Crippen molar-refractivity contribution in [1.82, 2.24) is 16.0 Å². The van der Waals surface area contributed by atoms with Crippen LogP contribution < -0.4 is 21.3 Å². The molecule has 3 amide bonds. The SMILES string of the molecule is CNC(C)CNC(=O)c1ccccc1NC(=O)NC(C)C. The van der Waals surface area contributed by atoms with Crippen molar-refractivity contribution in [2.45, 2.75) is 32.9 Å². The molecule has 0 saturated heterocycles. The van der Waals surface area contributed by atoms with E-state index in [1.807, 2.05) is 27.8 Å². The number of benzene rings is 1. The van der Waals surface area contributed by atoms with Gasteiger partial charge in [-0.15, -0.1) is 0 Å². The summed E-state index contributed by atoms with van der Waals surface area (Å²) in [5.74, 6) is -0.211. The number of carbonyl (C=O) groups excluding carboxylic acids is 2. The van der Waals surface area contributed by atoms with Crippen molar-refractivity contribution < 1.29 is 9.59 Å². The van der Waals surface area contributed by atoms with E-state index in [1.54, 1.807) is 24.3 Å². The van der Waals surface area contributed by atoms with Gasteiger partial charge >= 0.3 is 6.03 Å². The van der Waals surface area contributed by atoms with E-state index < -0.39 is 0 Å². The van der Waals surface area contributed by atoms with E-state index >= 15 is 0 Å². The average molecular weight is 292 g/mol. The third-order valence-corrected chi connectivity index (χ3v) is 2.90. The molecule has 0 aliphatic carbocycles. The Hall–Kier alpha value is -2.08. The molecule has 0 radical (unpaired) electrons. The number of para-hydroxylation sites is 1. The highest BCUT2D eigenvalue weighted by Crippen LogP contribution is 2.14. The zero-order valence-corrected chi connectivity index (χ0v) is 13.0. The number of rotatable bonds is 6. The molecule has 0 saturated carbocycles. The number of hydrogen-bond acceptors (Lipinski definition) is 3. The number of amides is 3. The number of urea groups is 1. The van der Waals surface area contributed by atoms with E-state index in [9.17, 15) is 9.59 Å². The lowest BCUT2D eigenvalue weighted by Gasteiger charge is -2.15. The first-order chi connectivity index (χ1) is 9.93. The summed E-state index contributed by atoms with van der Waals surface area (Å²) in [4.78, 5) is 23.9. The Kier molecular flexibility index (Phi) is 6.68. The van der Waals surface area contributed by atoms with Gasteiger partial charge in [-0.25, -0.2) is 4.79 Å². The van der Waals surface area contributed by atoms with Crippen molar-refractivity contribution in [3.63, 3.8) is 0 Å². The molecule has 0 heterocycles. The van der Waals surface area contributed by atoms with Crippen LogP contribution in [0.1, 0.15) is 31.1 Å². The molecule has 0 aromatic heterocycles. The van der Waals surface area contributed by atoms with Gasteiger partial charge in [0.15, 0.2) is 0 Å². The number of anilines is 1. The van der Waals surface area contributed by atoms with Crippen molar-refractivity contribution in [2.75, 3.05) is 18.9 Å². The fourth-order valence-corrected chi connectivity index (χ4v) is 1.65. The molecule has 4 N–H and O–H groups in total. The molecular formula is C15H24N4O2. The summed E-state index contributed by atoms with van der Waals surface area (Å²) in [7, 11) is 1.84. The molecule has 1 aromatic rings. The van der Waals surface area contributed by atoms with Gasteiger partial charge < -0.3 is 21.3 Å². The summed E-state index contributed by atoms with van der Waals surface area (Å²) < 4.78 is 0. The largest absolute Gasteiger partial charge is 0.350 e. The lowest BCUT2D eigenvalue weighted by Crippen LogP contribution is -2.38. The molecule has 0 bridgehead atoms. The fraction of sp³-hybridized carbons (Fsp3) is 0.467. The standard InChI is InChI=1S/C15H24N4O2/c1-10(2)18-15(21)19-13-8-6-5-7-12(13)14(20)17-9-11(3)16-4/h5-8,10-11,16H,9H2,1-4H3,(H,17,20)(H2,18,19,21). The monoisotopic (exact) mass is 292 g/mol. The van der Waals surface area contributed by atoms with E-state index in [4.69, 9.17) is 0 Å². The van der Waals surface area contributed by atoms with Crippen LogP contribution >= 0.6 is 0 Å². The first-order valence-electron chi connectivity index (χ1n) is 7.06. The molecule has 0 aliphatic heterocycles. The Morgan fingerprint density at radius 3 is 2.43 bits per heavy atom. The number of carbonyl (C=O) groups is 2. The first kappa shape index (κ1) is 17.0. The molecular weight excluding hydrogens is 268 g/mol. The Bertz CT molecular complexity index is 488. The minimum absolute atomic E-state index is 0.0301. The van der Waals surface area contributed by atoms with Gasteiger partial charge in [-0.3, -0.25) is 4.79 Å². The van der Waals surface area contributed by atoms with Gasteiger partial charge in [-0.05, 0) is 40.0 Å². The van der Waals surface area contributed by atoms with Crippen molar-refractivity contribution in [3.8, 4) is 0 Å². The predicted octanol–water partition coefficient (Wildman–Crippen LogP) is 1.55. The van der Waals surface area contributed by atoms with Gasteiger partial charge in [-0.2, -0.15) is 0 Å². The van der Waals surface area contributed by atoms with Gasteiger partial charge in [-0.1, -0.05) is 12.1 Å². The maximum atomic E-state index is 12.2. The van der Waals surface area contributed by atoms with Gasteiger partial charge in [0, 0.05) is 18.6 Å². The molecule has 116 valence electrons. The fourth-order valence-electron chi connectivity index (χ4n) is 1.65. The maximum absolute atomic E-state index is 12.2. The van der Waals surface area contributed by atoms with Crippen molar-refractivity contribution in [1.29, 1.82) is 0 Å². The maximum Gasteiger partial charge on any atom is 0.319 e. The normalized spacial score (nSPS) is 11.9. The zero-order chi connectivity index (χ0) is 15.8. The second-order valence-electron chi connectivity index (χ2n) is 5.20. The van der Waals surface area contributed by atoms with Crippen LogP contribution in [0.25, 0.3) is 0 Å². The molecule has 0 aliphatic rings. The Labute approximate surface area is 125 Å². The summed E-state index contributed by atoms with van der Waals surface area (Å²) in [6, 6.07) is 6.82. The van der Waals surface area contributed by atoms with Gasteiger partial charge in [0.25, 0.3) is 5.91 Å². The second kappa shape index (κ2) is 8.26. The van der Waals surface area contributed by atoms with E-state index in [2.05, 4.69) is 21.3 Å². The van der Waals surface area contributed by atoms with E-state index in [0.717, 1.165) is 0 Å². The molecule has 0 fully saturated rings. The highest BCUT2D eigenvalue weighted by molar-refractivity contribution is 6.03. The first-order valence-corrected chi connectivity index (χ1v) is 7.06. The molecule has 0 spiro atoms. The number of hydrogen-bond donors (Lipinski definition) is 4. The smallest absolute Gasteiger partial charge is 0.319 e. The van der Waals surface area contributed by atoms with Crippen LogP contribution in [0.15, 0.2) is 24.3 Å². The molecule has 1 rings (SSSR count). The number of likely N-dealkylation sites (N-methyl/N-ethyl adjacent to an activating group) is 1. The second-order valence-corrected chi connectivity index (χ2v) is 5.20. The Morgan fingerprint density at radius 2 is 1.81 bits per heavy atom. The van der Waals surface area contributed by atoms with Crippen LogP contribution in [0, 0.1) is 0 Å². The van der Waals surface area contributed by atoms with E-state index in [-0.39, 0.29) is 24.0 Å². The summed E-state index contributed by atoms with van der Waals surface area (Å²) in [6.07, 6.45) is 0. The Morgan fingerprint density at radius 1 is 1.14 bits per heavy atom. The average Bonchev–Trinajstić information content (AvgIpc) is 2.44. The topological polar surface area (TPSA) is 82.3 Å². The third-order valence-electron chi connectivity index (χ3n) is 2.90. The van der Waals surface area contributed by atoms with Gasteiger partial charge in [0.05, 0.1) is 11.3 Å². The summed E-state index contributed by atoms with van der Waals surface area (Å²) in [5, 5.41) is 11.3. The van der Waals surface area contributed by atoms with E-state index in [0.29, 0.717) is 17.8 Å². The van der Waals surface area contributed by atoms with E-state index in [1.165, 1.54) is 0 Å². The lowest BCUT2D eigenvalue weighted by atomic mass is 10.1. The zero-order valence-electron chi connectivity index (χ0n) is 13.0. The van der Waals surface area contributed by atoms with Crippen LogP contribution in [0.4, 0.5) is 10.5 Å². The van der Waals surface area contributed by atoms with Crippen LogP contribution in [-0.4, -0.2) is 37.6 Å².